The summed E-state index contributed by atoms with van der Waals surface area (Å²) in [6.45, 7) is 0.935. The quantitative estimate of drug-likeness (QED) is 0.810. The average molecular weight is 338 g/mol. The van der Waals surface area contributed by atoms with E-state index >= 15 is 0 Å². The molecule has 5 rings (SSSR count). The first-order chi connectivity index (χ1) is 12.2. The van der Waals surface area contributed by atoms with E-state index in [-0.39, 0.29) is 5.41 Å². The summed E-state index contributed by atoms with van der Waals surface area (Å²) < 4.78 is 0. The molecule has 1 unspecified atom stereocenters. The Bertz CT molecular complexity index is 664. The normalized spacial score (nSPS) is 33.2. The summed E-state index contributed by atoms with van der Waals surface area (Å²) in [5.74, 6) is 0.971. The SMILES string of the molecule is CN1[C@@H]2CC[C@H]1CC(CC(=O)N1CC3(CCCC3)c3ccccc31)C2. The number of hydrogen-bond acceptors (Lipinski definition) is 2. The minimum Gasteiger partial charge on any atom is -0.311 e. The maximum atomic E-state index is 13.2. The van der Waals surface area contributed by atoms with Crippen molar-refractivity contribution in [1.29, 1.82) is 0 Å². The monoisotopic (exact) mass is 338 g/mol. The predicted octanol–water partition coefficient (Wildman–Crippen LogP) is 4.11. The molecular weight excluding hydrogens is 308 g/mol. The topological polar surface area (TPSA) is 23.6 Å². The third-order valence-electron chi connectivity index (χ3n) is 7.75. The van der Waals surface area contributed by atoms with Crippen LogP contribution < -0.4 is 4.90 Å². The first kappa shape index (κ1) is 15.9. The van der Waals surface area contributed by atoms with Gasteiger partial charge in [0.05, 0.1) is 0 Å². The van der Waals surface area contributed by atoms with E-state index in [1.54, 1.807) is 0 Å². The van der Waals surface area contributed by atoms with Crippen molar-refractivity contribution in [3.05, 3.63) is 29.8 Å². The molecule has 2 bridgehead atoms. The van der Waals surface area contributed by atoms with E-state index in [1.165, 1.54) is 62.6 Å². The number of carbonyl (C=O) groups excluding carboxylic acids is 1. The van der Waals surface area contributed by atoms with Gasteiger partial charge >= 0.3 is 0 Å². The molecule has 0 N–H and O–H groups in total. The summed E-state index contributed by atoms with van der Waals surface area (Å²) in [4.78, 5) is 18.0. The Morgan fingerprint density at radius 3 is 2.52 bits per heavy atom. The van der Waals surface area contributed by atoms with Crippen molar-refractivity contribution >= 4 is 11.6 Å². The van der Waals surface area contributed by atoms with Crippen LogP contribution in [0.2, 0.25) is 0 Å². The summed E-state index contributed by atoms with van der Waals surface area (Å²) in [5, 5.41) is 0. The molecule has 3 heteroatoms. The van der Waals surface area contributed by atoms with Crippen LogP contribution >= 0.6 is 0 Å². The van der Waals surface area contributed by atoms with Gasteiger partial charge in [-0.3, -0.25) is 4.79 Å². The third kappa shape index (κ3) is 2.46. The van der Waals surface area contributed by atoms with E-state index < -0.39 is 0 Å². The van der Waals surface area contributed by atoms with Gasteiger partial charge in [0.1, 0.15) is 0 Å². The third-order valence-corrected chi connectivity index (χ3v) is 7.75. The highest BCUT2D eigenvalue weighted by molar-refractivity contribution is 5.96. The highest BCUT2D eigenvalue weighted by atomic mass is 16.2. The van der Waals surface area contributed by atoms with Gasteiger partial charge in [0.2, 0.25) is 5.91 Å². The van der Waals surface area contributed by atoms with Gasteiger partial charge in [0.25, 0.3) is 0 Å². The number of nitrogens with zero attached hydrogens (tertiary/aromatic N) is 2. The molecule has 25 heavy (non-hydrogen) atoms. The Balaban J connectivity index is 1.35. The number of piperidine rings is 1. The molecule has 2 saturated heterocycles. The number of benzene rings is 1. The Morgan fingerprint density at radius 1 is 1.12 bits per heavy atom. The summed E-state index contributed by atoms with van der Waals surface area (Å²) >= 11 is 0. The molecular formula is C22H30N2O. The maximum Gasteiger partial charge on any atom is 0.227 e. The molecule has 1 amide bonds. The predicted molar refractivity (Wildman–Crippen MR) is 101 cm³/mol. The fourth-order valence-electron chi connectivity index (χ4n) is 6.38. The number of anilines is 1. The Kier molecular flexibility index (Phi) is 3.70. The first-order valence-corrected chi connectivity index (χ1v) is 10.3. The zero-order valence-electron chi connectivity index (χ0n) is 15.4. The molecule has 3 fully saturated rings. The van der Waals surface area contributed by atoms with Gasteiger partial charge in [-0.1, -0.05) is 31.0 Å². The molecule has 3 atom stereocenters. The van der Waals surface area contributed by atoms with E-state index in [4.69, 9.17) is 0 Å². The molecule has 1 aromatic rings. The molecule has 3 heterocycles. The lowest BCUT2D eigenvalue weighted by atomic mass is 9.81. The van der Waals surface area contributed by atoms with Crippen molar-refractivity contribution in [2.45, 2.75) is 75.3 Å². The number of hydrogen-bond donors (Lipinski definition) is 0. The van der Waals surface area contributed by atoms with Gasteiger partial charge in [0.15, 0.2) is 0 Å². The average Bonchev–Trinajstić information content (AvgIpc) is 3.26. The zero-order chi connectivity index (χ0) is 17.0. The Labute approximate surface area is 151 Å². The van der Waals surface area contributed by atoms with Gasteiger partial charge in [0, 0.05) is 36.2 Å². The van der Waals surface area contributed by atoms with Gasteiger partial charge in [-0.05, 0) is 63.1 Å². The van der Waals surface area contributed by atoms with E-state index in [0.717, 1.165) is 25.0 Å². The molecule has 1 aliphatic carbocycles. The minimum absolute atomic E-state index is 0.262. The van der Waals surface area contributed by atoms with Crippen molar-refractivity contribution in [3.8, 4) is 0 Å². The number of amides is 1. The lowest BCUT2D eigenvalue weighted by Gasteiger charge is -2.36. The highest BCUT2D eigenvalue weighted by Gasteiger charge is 2.46. The second kappa shape index (κ2) is 5.84. The van der Waals surface area contributed by atoms with Crippen LogP contribution in [0, 0.1) is 5.92 Å². The van der Waals surface area contributed by atoms with Gasteiger partial charge < -0.3 is 9.80 Å². The molecule has 0 aromatic heterocycles. The Hall–Kier alpha value is -1.35. The van der Waals surface area contributed by atoms with Crippen molar-refractivity contribution in [2.75, 3.05) is 18.5 Å². The summed E-state index contributed by atoms with van der Waals surface area (Å²) in [6.07, 6.45) is 11.0. The van der Waals surface area contributed by atoms with Crippen LogP contribution in [0.5, 0.6) is 0 Å². The first-order valence-electron chi connectivity index (χ1n) is 10.3. The van der Waals surface area contributed by atoms with Crippen LogP contribution in [0.15, 0.2) is 24.3 Å². The molecule has 0 radical (unpaired) electrons. The molecule has 3 aliphatic heterocycles. The smallest absolute Gasteiger partial charge is 0.227 e. The molecule has 3 nitrogen and oxygen atoms in total. The van der Waals surface area contributed by atoms with E-state index in [9.17, 15) is 4.79 Å². The lowest BCUT2D eigenvalue weighted by Crippen LogP contribution is -2.42. The molecule has 134 valence electrons. The maximum absolute atomic E-state index is 13.2. The van der Waals surface area contributed by atoms with Crippen molar-refractivity contribution in [2.24, 2.45) is 5.92 Å². The van der Waals surface area contributed by atoms with Crippen LogP contribution in [0.3, 0.4) is 0 Å². The largest absolute Gasteiger partial charge is 0.311 e. The second-order valence-corrected chi connectivity index (χ2v) is 9.08. The Morgan fingerprint density at radius 2 is 1.80 bits per heavy atom. The number of fused-ring (bicyclic) bond motifs is 4. The van der Waals surface area contributed by atoms with E-state index in [2.05, 4.69) is 41.1 Å². The summed E-state index contributed by atoms with van der Waals surface area (Å²) in [5.41, 5.74) is 2.92. The van der Waals surface area contributed by atoms with Crippen LogP contribution in [0.25, 0.3) is 0 Å². The number of carbonyl (C=O) groups is 1. The highest BCUT2D eigenvalue weighted by Crippen LogP contribution is 2.50. The van der Waals surface area contributed by atoms with E-state index in [1.807, 2.05) is 0 Å². The van der Waals surface area contributed by atoms with Crippen LogP contribution in [-0.4, -0.2) is 36.5 Å². The second-order valence-electron chi connectivity index (χ2n) is 9.08. The van der Waals surface area contributed by atoms with Gasteiger partial charge in [-0.15, -0.1) is 0 Å². The standard InChI is InChI=1S/C22H30N2O/c1-23-17-8-9-18(23)13-16(12-17)14-21(25)24-15-22(10-4-5-11-22)19-6-2-3-7-20(19)24/h2-3,6-7,16-18H,4-5,8-15H2,1H3/t16?,17-,18+. The van der Waals surface area contributed by atoms with Crippen molar-refractivity contribution < 1.29 is 4.79 Å². The van der Waals surface area contributed by atoms with Crippen molar-refractivity contribution in [3.63, 3.8) is 0 Å². The summed E-state index contributed by atoms with van der Waals surface area (Å²) in [6, 6.07) is 10.2. The molecule has 4 aliphatic rings. The van der Waals surface area contributed by atoms with E-state index in [0.29, 0.717) is 11.8 Å². The van der Waals surface area contributed by atoms with Gasteiger partial charge in [-0.25, -0.2) is 0 Å². The van der Waals surface area contributed by atoms with Crippen LogP contribution in [0.4, 0.5) is 5.69 Å². The summed E-state index contributed by atoms with van der Waals surface area (Å²) in [7, 11) is 2.28. The molecule has 1 spiro atoms. The number of rotatable bonds is 2. The molecule has 1 saturated carbocycles. The fraction of sp³-hybridized carbons (Fsp3) is 0.682. The fourth-order valence-corrected chi connectivity index (χ4v) is 6.38. The minimum atomic E-state index is 0.262. The number of para-hydroxylation sites is 1. The molecule has 1 aromatic carbocycles. The van der Waals surface area contributed by atoms with Crippen LogP contribution in [-0.2, 0) is 10.2 Å². The van der Waals surface area contributed by atoms with Gasteiger partial charge in [-0.2, -0.15) is 0 Å². The van der Waals surface area contributed by atoms with Crippen LogP contribution in [0.1, 0.15) is 63.4 Å². The van der Waals surface area contributed by atoms with Crippen molar-refractivity contribution in [1.82, 2.24) is 4.90 Å². The zero-order valence-corrected chi connectivity index (χ0v) is 15.4. The lowest BCUT2D eigenvalue weighted by molar-refractivity contribution is -0.120.